The second-order valence-corrected chi connectivity index (χ2v) is 8.31. The Morgan fingerprint density at radius 1 is 1.50 bits per heavy atom. The maximum absolute atomic E-state index is 12.8. The van der Waals surface area contributed by atoms with Crippen LogP contribution in [0.1, 0.15) is 13.3 Å². The van der Waals surface area contributed by atoms with Gasteiger partial charge in [0.25, 0.3) is 0 Å². The monoisotopic (exact) mass is 380 g/mol. The lowest BCUT2D eigenvalue weighted by Gasteiger charge is -2.35. The van der Waals surface area contributed by atoms with Gasteiger partial charge in [0.05, 0.1) is 5.02 Å². The van der Waals surface area contributed by atoms with Gasteiger partial charge in [0.15, 0.2) is 0 Å². The number of nitrogens with two attached hydrogens (primary N) is 1. The molecule has 7 heteroatoms. The van der Waals surface area contributed by atoms with Crippen molar-refractivity contribution in [2.75, 3.05) is 19.6 Å². The van der Waals surface area contributed by atoms with E-state index in [-0.39, 0.29) is 15.8 Å². The average molecular weight is 382 g/mol. The molecule has 1 fully saturated rings. The molecule has 2 N–H and O–H groups in total. The third kappa shape index (κ3) is 3.04. The fourth-order valence-electron chi connectivity index (χ4n) is 2.50. The van der Waals surface area contributed by atoms with Crippen LogP contribution in [0.5, 0.6) is 0 Å². The largest absolute Gasteiger partial charge is 0.330 e. The van der Waals surface area contributed by atoms with Crippen LogP contribution in [0.2, 0.25) is 5.02 Å². The molecule has 0 radical (unpaired) electrons. The number of nitrogens with zero attached hydrogens (tertiary/aromatic N) is 1. The Labute approximate surface area is 133 Å². The summed E-state index contributed by atoms with van der Waals surface area (Å²) in [5.41, 5.74) is 5.74. The summed E-state index contributed by atoms with van der Waals surface area (Å²) in [6.07, 6.45) is 0.823. The van der Waals surface area contributed by atoms with E-state index in [9.17, 15) is 8.42 Å². The van der Waals surface area contributed by atoms with E-state index < -0.39 is 10.0 Å². The zero-order valence-electron chi connectivity index (χ0n) is 11.2. The summed E-state index contributed by atoms with van der Waals surface area (Å²) >= 11 is 9.35. The summed E-state index contributed by atoms with van der Waals surface area (Å²) in [6, 6.07) is 4.99. The van der Waals surface area contributed by atoms with Gasteiger partial charge in [-0.05, 0) is 52.9 Å². The molecule has 0 aliphatic carbocycles. The number of halogens is 2. The molecule has 1 aromatic rings. The molecule has 0 bridgehead atoms. The first-order valence-electron chi connectivity index (χ1n) is 6.52. The molecule has 0 spiro atoms. The smallest absolute Gasteiger partial charge is 0.245 e. The Balaban J connectivity index is 2.36. The van der Waals surface area contributed by atoms with Crippen LogP contribution in [0, 0.1) is 11.8 Å². The van der Waals surface area contributed by atoms with Crippen molar-refractivity contribution in [3.63, 3.8) is 0 Å². The van der Waals surface area contributed by atoms with Crippen molar-refractivity contribution in [2.24, 2.45) is 17.6 Å². The highest BCUT2D eigenvalue weighted by molar-refractivity contribution is 9.10. The lowest BCUT2D eigenvalue weighted by molar-refractivity contribution is 0.203. The van der Waals surface area contributed by atoms with Gasteiger partial charge in [0.1, 0.15) is 4.90 Å². The van der Waals surface area contributed by atoms with Crippen LogP contribution in [0.15, 0.2) is 27.6 Å². The van der Waals surface area contributed by atoms with Gasteiger partial charge in [-0.1, -0.05) is 24.6 Å². The van der Waals surface area contributed by atoms with Crippen molar-refractivity contribution in [2.45, 2.75) is 18.2 Å². The van der Waals surface area contributed by atoms with Crippen LogP contribution in [-0.4, -0.2) is 32.4 Å². The van der Waals surface area contributed by atoms with Crippen LogP contribution in [0.4, 0.5) is 0 Å². The quantitative estimate of drug-likeness (QED) is 0.875. The Morgan fingerprint density at radius 2 is 2.20 bits per heavy atom. The normalized spacial score (nSPS) is 24.8. The molecule has 1 saturated heterocycles. The number of benzene rings is 1. The molecule has 112 valence electrons. The molecule has 2 atom stereocenters. The number of sulfonamides is 1. The minimum absolute atomic E-state index is 0.145. The molecule has 1 aliphatic rings. The van der Waals surface area contributed by atoms with Gasteiger partial charge in [0.2, 0.25) is 10.0 Å². The van der Waals surface area contributed by atoms with Crippen LogP contribution >= 0.6 is 27.5 Å². The highest BCUT2D eigenvalue weighted by atomic mass is 79.9. The fraction of sp³-hybridized carbons (Fsp3) is 0.538. The molecule has 1 heterocycles. The molecule has 0 aromatic heterocycles. The second kappa shape index (κ2) is 6.32. The zero-order valence-corrected chi connectivity index (χ0v) is 14.4. The van der Waals surface area contributed by atoms with Crippen molar-refractivity contribution in [3.8, 4) is 0 Å². The summed E-state index contributed by atoms with van der Waals surface area (Å²) in [7, 11) is -3.59. The van der Waals surface area contributed by atoms with Gasteiger partial charge in [-0.25, -0.2) is 8.42 Å². The molecule has 0 saturated carbocycles. The number of hydrogen-bond acceptors (Lipinski definition) is 3. The molecular weight excluding hydrogens is 364 g/mol. The van der Waals surface area contributed by atoms with Crippen LogP contribution < -0.4 is 5.73 Å². The first kappa shape index (κ1) is 16.2. The minimum Gasteiger partial charge on any atom is -0.330 e. The van der Waals surface area contributed by atoms with Crippen LogP contribution in [0.25, 0.3) is 0 Å². The lowest BCUT2D eigenvalue weighted by Crippen LogP contribution is -2.45. The van der Waals surface area contributed by atoms with Crippen molar-refractivity contribution in [3.05, 3.63) is 27.7 Å². The van der Waals surface area contributed by atoms with Gasteiger partial charge in [-0.2, -0.15) is 4.31 Å². The van der Waals surface area contributed by atoms with E-state index in [1.807, 2.05) is 0 Å². The Kier molecular flexibility index (Phi) is 5.13. The molecule has 20 heavy (non-hydrogen) atoms. The van der Waals surface area contributed by atoms with Crippen molar-refractivity contribution in [1.82, 2.24) is 4.31 Å². The summed E-state index contributed by atoms with van der Waals surface area (Å²) < 4.78 is 27.5. The predicted octanol–water partition coefficient (Wildman–Crippen LogP) is 2.71. The van der Waals surface area contributed by atoms with E-state index >= 15 is 0 Å². The first-order valence-corrected chi connectivity index (χ1v) is 9.13. The topological polar surface area (TPSA) is 63.4 Å². The van der Waals surface area contributed by atoms with E-state index in [1.165, 1.54) is 4.31 Å². The molecule has 2 rings (SSSR count). The van der Waals surface area contributed by atoms with Gasteiger partial charge in [0, 0.05) is 17.6 Å². The lowest BCUT2D eigenvalue weighted by atomic mass is 9.88. The number of hydrogen-bond donors (Lipinski definition) is 1. The van der Waals surface area contributed by atoms with E-state index in [2.05, 4.69) is 22.9 Å². The highest BCUT2D eigenvalue weighted by Gasteiger charge is 2.35. The molecule has 4 nitrogen and oxygen atoms in total. The summed E-state index contributed by atoms with van der Waals surface area (Å²) in [6.45, 7) is 3.58. The Bertz CT molecular complexity index is 574. The van der Waals surface area contributed by atoms with Gasteiger partial charge in [-0.3, -0.25) is 0 Å². The zero-order chi connectivity index (χ0) is 14.9. The summed E-state index contributed by atoms with van der Waals surface area (Å²) in [5.74, 6) is 0.640. The van der Waals surface area contributed by atoms with E-state index in [1.54, 1.807) is 18.2 Å². The number of rotatable bonds is 3. The van der Waals surface area contributed by atoms with E-state index in [4.69, 9.17) is 17.3 Å². The van der Waals surface area contributed by atoms with E-state index in [0.29, 0.717) is 30.0 Å². The van der Waals surface area contributed by atoms with Crippen molar-refractivity contribution >= 4 is 37.6 Å². The summed E-state index contributed by atoms with van der Waals surface area (Å²) in [5, 5.41) is 0.238. The molecule has 0 amide bonds. The average Bonchev–Trinajstić information content (AvgIpc) is 2.38. The van der Waals surface area contributed by atoms with Crippen molar-refractivity contribution in [1.29, 1.82) is 0 Å². The standard InChI is InChI=1S/C13H18BrClN2O2S/c1-9-5-6-17(8-10(9)7-16)20(18,19)13-11(14)3-2-4-12(13)15/h2-4,9-10H,5-8,16H2,1H3. The van der Waals surface area contributed by atoms with Gasteiger partial charge < -0.3 is 5.73 Å². The van der Waals surface area contributed by atoms with Crippen LogP contribution in [0.3, 0.4) is 0 Å². The summed E-state index contributed by atoms with van der Waals surface area (Å²) in [4.78, 5) is 0.145. The fourth-order valence-corrected chi connectivity index (χ4v) is 5.68. The Morgan fingerprint density at radius 3 is 2.80 bits per heavy atom. The minimum atomic E-state index is -3.59. The maximum atomic E-state index is 12.8. The highest BCUT2D eigenvalue weighted by Crippen LogP contribution is 2.34. The van der Waals surface area contributed by atoms with Crippen LogP contribution in [-0.2, 0) is 10.0 Å². The maximum Gasteiger partial charge on any atom is 0.245 e. The van der Waals surface area contributed by atoms with Crippen molar-refractivity contribution < 1.29 is 8.42 Å². The second-order valence-electron chi connectivity index (χ2n) is 5.18. The third-order valence-corrected chi connectivity index (χ3v) is 7.21. The third-order valence-electron chi connectivity index (χ3n) is 3.90. The molecule has 1 aliphatic heterocycles. The molecule has 2 unspecified atom stereocenters. The molecular formula is C13H18BrClN2O2S. The SMILES string of the molecule is CC1CCN(S(=O)(=O)c2c(Cl)cccc2Br)CC1CN. The first-order chi connectivity index (χ1) is 9.37. The molecule has 1 aromatic carbocycles. The van der Waals surface area contributed by atoms with E-state index in [0.717, 1.165) is 6.42 Å². The predicted molar refractivity (Wildman–Crippen MR) is 84.2 cm³/mol. The number of piperidine rings is 1. The van der Waals surface area contributed by atoms with Gasteiger partial charge >= 0.3 is 0 Å². The Hall–Kier alpha value is -0.140. The van der Waals surface area contributed by atoms with Gasteiger partial charge in [-0.15, -0.1) is 0 Å².